The average Bonchev–Trinajstić information content (AvgIpc) is 2.65. The minimum absolute atomic E-state index is 0.169. The first-order valence-electron chi connectivity index (χ1n) is 5.18. The van der Waals surface area contributed by atoms with E-state index in [0.717, 1.165) is 8.26 Å². The number of halogens is 2. The molecule has 0 aromatic carbocycles. The van der Waals surface area contributed by atoms with Gasteiger partial charge in [0.15, 0.2) is 0 Å². The Labute approximate surface area is 126 Å². The van der Waals surface area contributed by atoms with Crippen molar-refractivity contribution in [1.82, 2.24) is 10.6 Å². The van der Waals surface area contributed by atoms with E-state index in [2.05, 4.69) is 47.2 Å². The monoisotopic (exact) mass is 398 g/mol. The van der Waals surface area contributed by atoms with Crippen LogP contribution in [0.15, 0.2) is 14.3 Å². The number of rotatable bonds is 5. The van der Waals surface area contributed by atoms with Crippen LogP contribution in [0.1, 0.15) is 16.6 Å². The van der Waals surface area contributed by atoms with Crippen LogP contribution >= 0.6 is 43.2 Å². The van der Waals surface area contributed by atoms with E-state index in [0.29, 0.717) is 24.6 Å². The number of amides is 2. The topological polar surface area (TPSA) is 67.4 Å². The number of thiophene rings is 1. The summed E-state index contributed by atoms with van der Waals surface area (Å²) in [5, 5.41) is 5.21. The van der Waals surface area contributed by atoms with Crippen LogP contribution in [0.5, 0.6) is 0 Å². The first-order chi connectivity index (χ1) is 8.54. The second-order valence-electron chi connectivity index (χ2n) is 3.14. The first kappa shape index (κ1) is 15.5. The fourth-order valence-electron chi connectivity index (χ4n) is 1.07. The smallest absolute Gasteiger partial charge is 0.407 e. The van der Waals surface area contributed by atoms with Crippen molar-refractivity contribution in [1.29, 1.82) is 0 Å². The van der Waals surface area contributed by atoms with Crippen molar-refractivity contribution in [2.24, 2.45) is 0 Å². The van der Waals surface area contributed by atoms with E-state index in [1.54, 1.807) is 13.0 Å². The van der Waals surface area contributed by atoms with Crippen LogP contribution in [-0.4, -0.2) is 31.7 Å². The molecule has 2 N–H and O–H groups in total. The molecule has 1 rings (SSSR count). The summed E-state index contributed by atoms with van der Waals surface area (Å²) in [6, 6.07) is 1.74. The number of nitrogens with one attached hydrogen (secondary N) is 2. The van der Waals surface area contributed by atoms with Crippen molar-refractivity contribution >= 4 is 55.2 Å². The quantitative estimate of drug-likeness (QED) is 0.748. The Morgan fingerprint density at radius 3 is 2.56 bits per heavy atom. The van der Waals surface area contributed by atoms with E-state index in [9.17, 15) is 9.59 Å². The fourth-order valence-corrected chi connectivity index (χ4v) is 3.02. The Morgan fingerprint density at radius 2 is 2.00 bits per heavy atom. The molecule has 0 aliphatic carbocycles. The molecule has 0 saturated carbocycles. The van der Waals surface area contributed by atoms with E-state index in [1.807, 2.05) is 0 Å². The van der Waals surface area contributed by atoms with Gasteiger partial charge in [-0.25, -0.2) is 4.79 Å². The molecule has 5 nitrogen and oxygen atoms in total. The molecule has 1 aromatic rings. The molecule has 1 heterocycles. The Kier molecular flexibility index (Phi) is 6.66. The summed E-state index contributed by atoms with van der Waals surface area (Å²) < 4.78 is 6.40. The normalized spacial score (nSPS) is 9.94. The lowest BCUT2D eigenvalue weighted by atomic mass is 10.4. The lowest BCUT2D eigenvalue weighted by molar-refractivity contribution is 0.0956. The molecular formula is C10H12Br2N2O3S. The van der Waals surface area contributed by atoms with Gasteiger partial charge >= 0.3 is 6.09 Å². The molecule has 0 unspecified atom stereocenters. The molecule has 0 spiro atoms. The van der Waals surface area contributed by atoms with Gasteiger partial charge in [0.05, 0.1) is 15.3 Å². The molecule has 0 fully saturated rings. The Balaban J connectivity index is 2.27. The zero-order valence-corrected chi connectivity index (χ0v) is 13.6. The van der Waals surface area contributed by atoms with Crippen LogP contribution in [0.3, 0.4) is 0 Å². The Morgan fingerprint density at radius 1 is 1.33 bits per heavy atom. The molecule has 0 aliphatic rings. The molecule has 18 heavy (non-hydrogen) atoms. The SMILES string of the molecule is CCOC(=O)NCCNC(=O)c1cc(Br)c(Br)s1. The van der Waals surface area contributed by atoms with Crippen molar-refractivity contribution in [3.8, 4) is 0 Å². The summed E-state index contributed by atoms with van der Waals surface area (Å²) in [6.45, 7) is 2.74. The predicted molar refractivity (Wildman–Crippen MR) is 77.1 cm³/mol. The van der Waals surface area contributed by atoms with Gasteiger partial charge in [0.1, 0.15) is 0 Å². The van der Waals surface area contributed by atoms with Crippen LogP contribution in [0.2, 0.25) is 0 Å². The standard InChI is InChI=1S/C10H12Br2N2O3S/c1-2-17-10(16)14-4-3-13-9(15)7-5-6(11)8(12)18-7/h5H,2-4H2,1H3,(H,13,15)(H,14,16). The minimum atomic E-state index is -0.478. The highest BCUT2D eigenvalue weighted by Crippen LogP contribution is 2.32. The molecule has 1 aromatic heterocycles. The van der Waals surface area contributed by atoms with Gasteiger partial charge in [0.2, 0.25) is 0 Å². The third kappa shape index (κ3) is 4.95. The van der Waals surface area contributed by atoms with Crippen molar-refractivity contribution in [2.45, 2.75) is 6.92 Å². The number of hydrogen-bond donors (Lipinski definition) is 2. The van der Waals surface area contributed by atoms with Crippen LogP contribution < -0.4 is 10.6 Å². The van der Waals surface area contributed by atoms with Crippen LogP contribution in [0, 0.1) is 0 Å². The summed E-state index contributed by atoms with van der Waals surface area (Å²) in [7, 11) is 0. The Bertz CT molecular complexity index is 417. The van der Waals surface area contributed by atoms with Gasteiger partial charge in [-0.15, -0.1) is 11.3 Å². The molecule has 0 aliphatic heterocycles. The average molecular weight is 400 g/mol. The Hall–Kier alpha value is -0.600. The molecule has 8 heteroatoms. The number of ether oxygens (including phenoxy) is 1. The van der Waals surface area contributed by atoms with E-state index in [-0.39, 0.29) is 5.91 Å². The van der Waals surface area contributed by atoms with E-state index >= 15 is 0 Å². The van der Waals surface area contributed by atoms with Crippen molar-refractivity contribution in [2.75, 3.05) is 19.7 Å². The van der Waals surface area contributed by atoms with Gasteiger partial charge in [-0.1, -0.05) is 0 Å². The fraction of sp³-hybridized carbons (Fsp3) is 0.400. The highest BCUT2D eigenvalue weighted by Gasteiger charge is 2.11. The zero-order valence-electron chi connectivity index (χ0n) is 9.59. The van der Waals surface area contributed by atoms with Crippen molar-refractivity contribution in [3.05, 3.63) is 19.2 Å². The zero-order chi connectivity index (χ0) is 13.5. The van der Waals surface area contributed by atoms with Gasteiger partial charge in [0, 0.05) is 17.6 Å². The summed E-state index contributed by atoms with van der Waals surface area (Å²) in [5.74, 6) is -0.169. The van der Waals surface area contributed by atoms with Crippen molar-refractivity contribution < 1.29 is 14.3 Å². The molecule has 0 saturated heterocycles. The van der Waals surface area contributed by atoms with Gasteiger partial charge in [-0.3, -0.25) is 4.79 Å². The number of alkyl carbamates (subject to hydrolysis) is 1. The highest BCUT2D eigenvalue weighted by atomic mass is 79.9. The predicted octanol–water partition coefficient (Wildman–Crippen LogP) is 2.75. The van der Waals surface area contributed by atoms with Crippen molar-refractivity contribution in [3.63, 3.8) is 0 Å². The molecule has 0 radical (unpaired) electrons. The molecule has 0 atom stereocenters. The molecule has 2 amide bonds. The second-order valence-corrected chi connectivity index (χ2v) is 6.36. The van der Waals surface area contributed by atoms with Gasteiger partial charge in [-0.2, -0.15) is 0 Å². The minimum Gasteiger partial charge on any atom is -0.450 e. The summed E-state index contributed by atoms with van der Waals surface area (Å²) >= 11 is 7.97. The number of hydrogen-bond acceptors (Lipinski definition) is 4. The lowest BCUT2D eigenvalue weighted by Crippen LogP contribution is -2.34. The summed E-state index contributed by atoms with van der Waals surface area (Å²) in [4.78, 5) is 23.2. The van der Waals surface area contributed by atoms with Crippen LogP contribution in [0.25, 0.3) is 0 Å². The lowest BCUT2D eigenvalue weighted by Gasteiger charge is -2.05. The maximum atomic E-state index is 11.7. The summed E-state index contributed by atoms with van der Waals surface area (Å²) in [5.41, 5.74) is 0. The first-order valence-corrected chi connectivity index (χ1v) is 7.58. The molecular weight excluding hydrogens is 388 g/mol. The van der Waals surface area contributed by atoms with Crippen LogP contribution in [-0.2, 0) is 4.74 Å². The second kappa shape index (κ2) is 7.75. The van der Waals surface area contributed by atoms with E-state index in [4.69, 9.17) is 0 Å². The largest absolute Gasteiger partial charge is 0.450 e. The third-order valence-corrected chi connectivity index (χ3v) is 5.08. The van der Waals surface area contributed by atoms with Crippen LogP contribution in [0.4, 0.5) is 4.79 Å². The third-order valence-electron chi connectivity index (χ3n) is 1.82. The maximum absolute atomic E-state index is 11.7. The van der Waals surface area contributed by atoms with Gasteiger partial charge < -0.3 is 15.4 Å². The molecule has 100 valence electrons. The maximum Gasteiger partial charge on any atom is 0.407 e. The van der Waals surface area contributed by atoms with E-state index in [1.165, 1.54) is 11.3 Å². The number of carbonyl (C=O) groups excluding carboxylic acids is 2. The van der Waals surface area contributed by atoms with Gasteiger partial charge in [0.25, 0.3) is 5.91 Å². The van der Waals surface area contributed by atoms with Gasteiger partial charge in [-0.05, 0) is 44.8 Å². The summed E-state index contributed by atoms with van der Waals surface area (Å²) in [6.07, 6.45) is -0.478. The highest BCUT2D eigenvalue weighted by molar-refractivity contribution is 9.13. The van der Waals surface area contributed by atoms with E-state index < -0.39 is 6.09 Å². The number of carbonyl (C=O) groups is 2. The molecule has 0 bridgehead atoms.